The van der Waals surface area contributed by atoms with Crippen LogP contribution in [0.5, 0.6) is 0 Å². The smallest absolute Gasteiger partial charge is 0.321 e. The fraction of sp³-hybridized carbons (Fsp3) is 0.667. The van der Waals surface area contributed by atoms with Crippen LogP contribution >= 0.6 is 0 Å². The van der Waals surface area contributed by atoms with E-state index in [1.54, 1.807) is 0 Å². The van der Waals surface area contributed by atoms with Crippen molar-refractivity contribution >= 4 is 35.7 Å². The van der Waals surface area contributed by atoms with Gasteiger partial charge in [0, 0.05) is 27.7 Å². The summed E-state index contributed by atoms with van der Waals surface area (Å²) in [5.41, 5.74) is 5.09. The Hall–Kier alpha value is -3.26. The van der Waals surface area contributed by atoms with Crippen molar-refractivity contribution in [2.75, 3.05) is 6.61 Å². The highest BCUT2D eigenvalue weighted by Crippen LogP contribution is 2.27. The minimum atomic E-state index is -1.54. The van der Waals surface area contributed by atoms with Gasteiger partial charge in [-0.05, 0) is 0 Å². The molecule has 1 fully saturated rings. The summed E-state index contributed by atoms with van der Waals surface area (Å²) in [6, 6.07) is -2.80. The highest BCUT2D eigenvalue weighted by molar-refractivity contribution is 5.83. The molecule has 1 aliphatic rings. The molecule has 180 valence electrons. The molecule has 1 heterocycles. The van der Waals surface area contributed by atoms with Crippen LogP contribution in [-0.4, -0.2) is 84.0 Å². The van der Waals surface area contributed by atoms with E-state index < -0.39 is 85.3 Å². The number of ether oxygens (including phenoxy) is 4. The highest BCUT2D eigenvalue weighted by Gasteiger charge is 2.51. The van der Waals surface area contributed by atoms with Crippen LogP contribution in [0.4, 0.5) is 0 Å². The van der Waals surface area contributed by atoms with E-state index in [4.69, 9.17) is 24.7 Å². The van der Waals surface area contributed by atoms with Gasteiger partial charge in [-0.1, -0.05) is 0 Å². The van der Waals surface area contributed by atoms with E-state index in [2.05, 4.69) is 10.6 Å². The van der Waals surface area contributed by atoms with Crippen molar-refractivity contribution in [3.63, 3.8) is 0 Å². The van der Waals surface area contributed by atoms with Crippen LogP contribution in [-0.2, 0) is 47.7 Å². The summed E-state index contributed by atoms with van der Waals surface area (Å²) in [5, 5.41) is 14.4. The Morgan fingerprint density at radius 2 is 1.53 bits per heavy atom. The summed E-state index contributed by atoms with van der Waals surface area (Å²) in [4.78, 5) is 69.3. The Labute approximate surface area is 183 Å². The van der Waals surface area contributed by atoms with Crippen LogP contribution in [0, 0.1) is 0 Å². The van der Waals surface area contributed by atoms with Gasteiger partial charge in [0.25, 0.3) is 0 Å². The zero-order valence-electron chi connectivity index (χ0n) is 18.0. The maximum atomic E-state index is 11.8. The molecular weight excluding hydrogens is 434 g/mol. The molecule has 14 heteroatoms. The monoisotopic (exact) mass is 461 g/mol. The number of hydrogen-bond acceptors (Lipinski definition) is 11. The Bertz CT molecular complexity index is 756. The van der Waals surface area contributed by atoms with Crippen molar-refractivity contribution in [2.45, 2.75) is 70.7 Å². The number of nitrogens with two attached hydrogens (primary N) is 1. The molecule has 14 nitrogen and oxygen atoms in total. The van der Waals surface area contributed by atoms with Gasteiger partial charge in [-0.15, -0.1) is 0 Å². The van der Waals surface area contributed by atoms with E-state index in [1.165, 1.54) is 0 Å². The minimum absolute atomic E-state index is 0.455. The van der Waals surface area contributed by atoms with Gasteiger partial charge in [0.05, 0.1) is 6.42 Å². The second kappa shape index (κ2) is 12.0. The van der Waals surface area contributed by atoms with Gasteiger partial charge in [0.2, 0.25) is 11.8 Å². The Morgan fingerprint density at radius 3 is 1.97 bits per heavy atom. The number of carboxylic acids is 1. The fourth-order valence-corrected chi connectivity index (χ4v) is 3.09. The standard InChI is InChI=1S/C18H27N3O11/c1-7(22)20-14-16(31-10(4)25)15(30-9(3)24)12(6-29-8(2)23)32-17(14)21-11(18(27)28)5-13(19)26/h11-12,14-17,21H,5-6H2,1-4H3,(H2,19,26)(H,20,22)(H,27,28)/t11-,12+,14+,15+,16+,17+/m0/s1. The summed E-state index contributed by atoms with van der Waals surface area (Å²) in [6.07, 6.45) is -5.92. The van der Waals surface area contributed by atoms with Crippen LogP contribution in [0.2, 0.25) is 0 Å². The van der Waals surface area contributed by atoms with Crippen LogP contribution in [0.25, 0.3) is 0 Å². The lowest BCUT2D eigenvalue weighted by molar-refractivity contribution is -0.229. The van der Waals surface area contributed by atoms with Gasteiger partial charge >= 0.3 is 23.9 Å². The lowest BCUT2D eigenvalue weighted by Gasteiger charge is -2.46. The lowest BCUT2D eigenvalue weighted by atomic mass is 9.94. The van der Waals surface area contributed by atoms with Crippen molar-refractivity contribution in [2.24, 2.45) is 5.73 Å². The molecular formula is C18H27N3O11. The van der Waals surface area contributed by atoms with Crippen LogP contribution in [0.1, 0.15) is 34.1 Å². The van der Waals surface area contributed by atoms with E-state index >= 15 is 0 Å². The number of carbonyl (C=O) groups is 6. The second-order valence-corrected chi connectivity index (χ2v) is 7.00. The van der Waals surface area contributed by atoms with Crippen LogP contribution in [0.15, 0.2) is 0 Å². The van der Waals surface area contributed by atoms with E-state index in [0.717, 1.165) is 27.7 Å². The third kappa shape index (κ3) is 8.47. The molecule has 0 aromatic rings. The zero-order valence-corrected chi connectivity index (χ0v) is 18.0. The average molecular weight is 461 g/mol. The number of rotatable bonds is 10. The quantitative estimate of drug-likeness (QED) is 0.197. The Balaban J connectivity index is 3.41. The maximum Gasteiger partial charge on any atom is 0.321 e. The molecule has 0 aromatic heterocycles. The molecule has 0 radical (unpaired) electrons. The zero-order chi connectivity index (χ0) is 24.6. The first-order chi connectivity index (χ1) is 14.8. The van der Waals surface area contributed by atoms with Gasteiger partial charge in [0.1, 0.15) is 31.0 Å². The number of amides is 2. The molecule has 0 saturated carbocycles. The van der Waals surface area contributed by atoms with Gasteiger partial charge in [-0.3, -0.25) is 34.1 Å². The summed E-state index contributed by atoms with van der Waals surface area (Å²) < 4.78 is 21.2. The third-order valence-corrected chi connectivity index (χ3v) is 4.19. The Kier molecular flexibility index (Phi) is 10.00. The first kappa shape index (κ1) is 26.8. The highest BCUT2D eigenvalue weighted by atomic mass is 16.6. The van der Waals surface area contributed by atoms with Crippen LogP contribution < -0.4 is 16.4 Å². The van der Waals surface area contributed by atoms with Gasteiger partial charge in [-0.2, -0.15) is 0 Å². The number of carbonyl (C=O) groups excluding carboxylic acids is 5. The number of primary amides is 1. The van der Waals surface area contributed by atoms with E-state index in [9.17, 15) is 33.9 Å². The van der Waals surface area contributed by atoms with E-state index in [-0.39, 0.29) is 0 Å². The number of carboxylic acid groups (broad SMARTS) is 1. The predicted octanol–water partition coefficient (Wildman–Crippen LogP) is -2.44. The van der Waals surface area contributed by atoms with Crippen LogP contribution in [0.3, 0.4) is 0 Å². The number of esters is 3. The molecule has 32 heavy (non-hydrogen) atoms. The molecule has 0 spiro atoms. The number of aliphatic carboxylic acids is 1. The van der Waals surface area contributed by atoms with Crippen molar-refractivity contribution in [3.8, 4) is 0 Å². The molecule has 1 rings (SSSR count). The normalized spacial score (nSPS) is 25.7. The molecule has 0 unspecified atom stereocenters. The predicted molar refractivity (Wildman–Crippen MR) is 102 cm³/mol. The lowest BCUT2D eigenvalue weighted by Crippen LogP contribution is -2.70. The first-order valence-electron chi connectivity index (χ1n) is 9.49. The molecule has 2 amide bonds. The summed E-state index contributed by atoms with van der Waals surface area (Å²) >= 11 is 0. The van der Waals surface area contributed by atoms with Gasteiger partial charge in [0.15, 0.2) is 12.2 Å². The number of hydrogen-bond donors (Lipinski definition) is 4. The molecule has 1 saturated heterocycles. The fourth-order valence-electron chi connectivity index (χ4n) is 3.09. The molecule has 5 N–H and O–H groups in total. The largest absolute Gasteiger partial charge is 0.480 e. The third-order valence-electron chi connectivity index (χ3n) is 4.19. The van der Waals surface area contributed by atoms with Gasteiger partial charge < -0.3 is 35.1 Å². The summed E-state index contributed by atoms with van der Waals surface area (Å²) in [6.45, 7) is 3.96. The van der Waals surface area contributed by atoms with E-state index in [0.29, 0.717) is 0 Å². The second-order valence-electron chi connectivity index (χ2n) is 7.00. The summed E-state index contributed by atoms with van der Waals surface area (Å²) in [5.74, 6) is -5.26. The van der Waals surface area contributed by atoms with Crippen molar-refractivity contribution < 1.29 is 52.8 Å². The number of nitrogens with one attached hydrogen (secondary N) is 2. The Morgan fingerprint density at radius 1 is 0.969 bits per heavy atom. The van der Waals surface area contributed by atoms with Crippen molar-refractivity contribution in [1.82, 2.24) is 10.6 Å². The molecule has 1 aliphatic heterocycles. The molecule has 0 aromatic carbocycles. The van der Waals surface area contributed by atoms with Crippen molar-refractivity contribution in [1.29, 1.82) is 0 Å². The minimum Gasteiger partial charge on any atom is -0.480 e. The van der Waals surface area contributed by atoms with Gasteiger partial charge in [-0.25, -0.2) is 0 Å². The topological polar surface area (TPSA) is 210 Å². The first-order valence-corrected chi connectivity index (χ1v) is 9.49. The average Bonchev–Trinajstić information content (AvgIpc) is 2.62. The van der Waals surface area contributed by atoms with Crippen molar-refractivity contribution in [3.05, 3.63) is 0 Å². The SMILES string of the molecule is CC(=O)N[C@@H]1[C@@H](OC(C)=O)[C@H](OC(C)=O)[C@@H](COC(C)=O)O[C@H]1N[C@@H](CC(N)=O)C(=O)O. The molecule has 0 aliphatic carbocycles. The molecule has 6 atom stereocenters. The molecule has 0 bridgehead atoms. The maximum absolute atomic E-state index is 11.8. The summed E-state index contributed by atoms with van der Waals surface area (Å²) in [7, 11) is 0. The van der Waals surface area contributed by atoms with E-state index in [1.807, 2.05) is 0 Å².